The van der Waals surface area contributed by atoms with Gasteiger partial charge in [-0.2, -0.15) is 5.10 Å². The van der Waals surface area contributed by atoms with Crippen molar-refractivity contribution >= 4 is 5.69 Å². The lowest BCUT2D eigenvalue weighted by Crippen LogP contribution is -2.04. The van der Waals surface area contributed by atoms with Gasteiger partial charge in [0.15, 0.2) is 0 Å². The van der Waals surface area contributed by atoms with Gasteiger partial charge in [-0.15, -0.1) is 0 Å². The summed E-state index contributed by atoms with van der Waals surface area (Å²) in [6.07, 6.45) is 0. The summed E-state index contributed by atoms with van der Waals surface area (Å²) >= 11 is 0. The van der Waals surface area contributed by atoms with E-state index in [1.165, 1.54) is 10.7 Å². The summed E-state index contributed by atoms with van der Waals surface area (Å²) in [6, 6.07) is 4.52. The van der Waals surface area contributed by atoms with E-state index in [0.717, 1.165) is 0 Å². The molecule has 0 saturated heterocycles. The molecular weight excluding hydrogens is 236 g/mol. The molecule has 0 aliphatic rings. The third-order valence-electron chi connectivity index (χ3n) is 2.52. The highest BCUT2D eigenvalue weighted by Crippen LogP contribution is 2.24. The topological polar surface area (TPSA) is 94.1 Å². The van der Waals surface area contributed by atoms with Gasteiger partial charge in [-0.05, 0) is 25.5 Å². The lowest BCUT2D eigenvalue weighted by Gasteiger charge is -2.05. The number of hydrogen-bond donors (Lipinski definition) is 1. The molecule has 7 heteroatoms. The van der Waals surface area contributed by atoms with Crippen LogP contribution in [0, 0.1) is 24.0 Å². The highest BCUT2D eigenvalue weighted by Gasteiger charge is 2.18. The van der Waals surface area contributed by atoms with Crippen molar-refractivity contribution in [3.63, 3.8) is 0 Å². The number of nitro benzene ring substituents is 1. The van der Waals surface area contributed by atoms with Crippen LogP contribution >= 0.6 is 0 Å². The Morgan fingerprint density at radius 2 is 2.17 bits per heavy atom. The molecule has 1 aromatic carbocycles. The first kappa shape index (κ1) is 12.2. The summed E-state index contributed by atoms with van der Waals surface area (Å²) in [5.41, 5.74) is 0.727. The number of benzene rings is 1. The molecule has 2 aromatic rings. The Labute approximate surface area is 103 Å². The lowest BCUT2D eigenvalue weighted by molar-refractivity contribution is -0.384. The van der Waals surface area contributed by atoms with Crippen molar-refractivity contribution in [3.05, 3.63) is 45.5 Å². The van der Waals surface area contributed by atoms with E-state index in [4.69, 9.17) is 5.11 Å². The zero-order chi connectivity index (χ0) is 13.3. The smallest absolute Gasteiger partial charge is 0.295 e. The number of nitrogens with zero attached hydrogens (tertiary/aromatic N) is 4. The molecule has 0 unspecified atom stereocenters. The zero-order valence-electron chi connectivity index (χ0n) is 9.99. The molecule has 2 rings (SSSR count). The van der Waals surface area contributed by atoms with Crippen molar-refractivity contribution in [2.24, 2.45) is 0 Å². The predicted octanol–water partition coefficient (Wildman–Crippen LogP) is 1.28. The van der Waals surface area contributed by atoms with E-state index >= 15 is 0 Å². The first-order chi connectivity index (χ1) is 8.52. The summed E-state index contributed by atoms with van der Waals surface area (Å²) < 4.78 is 1.43. The van der Waals surface area contributed by atoms with E-state index in [1.807, 2.05) is 0 Å². The summed E-state index contributed by atoms with van der Waals surface area (Å²) in [6.45, 7) is 3.21. The minimum absolute atomic E-state index is 0.102. The van der Waals surface area contributed by atoms with Crippen LogP contribution in [0.4, 0.5) is 5.69 Å². The van der Waals surface area contributed by atoms with Crippen LogP contribution in [0.2, 0.25) is 0 Å². The van der Waals surface area contributed by atoms with Crippen LogP contribution in [-0.2, 0) is 6.61 Å². The van der Waals surface area contributed by atoms with Gasteiger partial charge in [0.25, 0.3) is 5.69 Å². The Hall–Kier alpha value is -2.28. The largest absolute Gasteiger partial charge is 0.392 e. The van der Waals surface area contributed by atoms with Gasteiger partial charge in [0.05, 0.1) is 11.5 Å². The molecule has 1 aromatic heterocycles. The van der Waals surface area contributed by atoms with Crippen LogP contribution in [0.25, 0.3) is 5.69 Å². The Morgan fingerprint density at radius 1 is 1.44 bits per heavy atom. The van der Waals surface area contributed by atoms with E-state index in [-0.39, 0.29) is 12.3 Å². The van der Waals surface area contributed by atoms with Crippen molar-refractivity contribution < 1.29 is 10.0 Å². The number of aliphatic hydroxyl groups is 1. The average molecular weight is 248 g/mol. The lowest BCUT2D eigenvalue weighted by atomic mass is 10.2. The first-order valence-corrected chi connectivity index (χ1v) is 5.31. The molecular formula is C11H12N4O3. The van der Waals surface area contributed by atoms with E-state index in [0.29, 0.717) is 22.9 Å². The maximum Gasteiger partial charge on any atom is 0.295 e. The molecule has 1 N–H and O–H groups in total. The van der Waals surface area contributed by atoms with E-state index in [9.17, 15) is 10.1 Å². The van der Waals surface area contributed by atoms with Crippen LogP contribution in [0.3, 0.4) is 0 Å². The second kappa shape index (κ2) is 4.53. The maximum absolute atomic E-state index is 11.0. The standard InChI is InChI=1S/C11H12N4O3/c1-7-12-8(2)14(13-7)10-4-3-9(6-16)5-11(10)15(17)18/h3-5,16H,6H2,1-2H3. The van der Waals surface area contributed by atoms with Crippen molar-refractivity contribution in [1.82, 2.24) is 14.8 Å². The summed E-state index contributed by atoms with van der Waals surface area (Å²) in [7, 11) is 0. The zero-order valence-corrected chi connectivity index (χ0v) is 9.99. The summed E-state index contributed by atoms with van der Waals surface area (Å²) in [5, 5.41) is 24.2. The normalized spacial score (nSPS) is 10.6. The molecule has 7 nitrogen and oxygen atoms in total. The molecule has 0 spiro atoms. The number of nitro groups is 1. The van der Waals surface area contributed by atoms with Crippen molar-refractivity contribution in [2.75, 3.05) is 0 Å². The molecule has 0 aliphatic carbocycles. The van der Waals surface area contributed by atoms with Crippen molar-refractivity contribution in [1.29, 1.82) is 0 Å². The van der Waals surface area contributed by atoms with Gasteiger partial charge in [0, 0.05) is 6.07 Å². The molecule has 0 fully saturated rings. The molecule has 0 bridgehead atoms. The second-order valence-electron chi connectivity index (χ2n) is 3.86. The van der Waals surface area contributed by atoms with Crippen LogP contribution in [0.1, 0.15) is 17.2 Å². The summed E-state index contributed by atoms with van der Waals surface area (Å²) in [5.74, 6) is 1.13. The minimum atomic E-state index is -0.495. The first-order valence-electron chi connectivity index (χ1n) is 5.31. The van der Waals surface area contributed by atoms with E-state index < -0.39 is 4.92 Å². The molecule has 0 radical (unpaired) electrons. The van der Waals surface area contributed by atoms with E-state index in [2.05, 4.69) is 10.1 Å². The molecule has 1 heterocycles. The van der Waals surface area contributed by atoms with Crippen LogP contribution in [0.15, 0.2) is 18.2 Å². The molecule has 0 atom stereocenters. The fourth-order valence-electron chi connectivity index (χ4n) is 1.74. The van der Waals surface area contributed by atoms with Crippen molar-refractivity contribution in [3.8, 4) is 5.69 Å². The molecule has 0 saturated carbocycles. The second-order valence-corrected chi connectivity index (χ2v) is 3.86. The Kier molecular flexibility index (Phi) is 3.07. The average Bonchev–Trinajstić information content (AvgIpc) is 2.67. The number of aromatic nitrogens is 3. The highest BCUT2D eigenvalue weighted by molar-refractivity contribution is 5.54. The SMILES string of the molecule is Cc1nc(C)n(-c2ccc(CO)cc2[N+](=O)[O-])n1. The fraction of sp³-hybridized carbons (Fsp3) is 0.273. The molecule has 94 valence electrons. The van der Waals surface area contributed by atoms with Gasteiger partial charge in [-0.1, -0.05) is 6.07 Å². The molecule has 0 aliphatic heterocycles. The van der Waals surface area contributed by atoms with Crippen LogP contribution < -0.4 is 0 Å². The van der Waals surface area contributed by atoms with Gasteiger partial charge in [0.1, 0.15) is 17.3 Å². The Morgan fingerprint density at radius 3 is 2.67 bits per heavy atom. The molecule has 18 heavy (non-hydrogen) atoms. The maximum atomic E-state index is 11.0. The molecule has 0 amide bonds. The number of aryl methyl sites for hydroxylation is 2. The van der Waals surface area contributed by atoms with Gasteiger partial charge in [0.2, 0.25) is 0 Å². The third kappa shape index (κ3) is 2.07. The Balaban J connectivity index is 2.63. The van der Waals surface area contributed by atoms with E-state index in [1.54, 1.807) is 26.0 Å². The Bertz CT molecular complexity index is 606. The number of aliphatic hydroxyl groups excluding tert-OH is 1. The quantitative estimate of drug-likeness (QED) is 0.652. The predicted molar refractivity (Wildman–Crippen MR) is 63.4 cm³/mol. The highest BCUT2D eigenvalue weighted by atomic mass is 16.6. The number of hydrogen-bond acceptors (Lipinski definition) is 5. The van der Waals surface area contributed by atoms with Gasteiger partial charge in [-0.3, -0.25) is 10.1 Å². The van der Waals surface area contributed by atoms with Crippen LogP contribution in [-0.4, -0.2) is 24.8 Å². The van der Waals surface area contributed by atoms with Crippen LogP contribution in [0.5, 0.6) is 0 Å². The van der Waals surface area contributed by atoms with Gasteiger partial charge >= 0.3 is 0 Å². The monoisotopic (exact) mass is 248 g/mol. The van der Waals surface area contributed by atoms with Gasteiger partial charge < -0.3 is 5.11 Å². The third-order valence-corrected chi connectivity index (χ3v) is 2.52. The van der Waals surface area contributed by atoms with Crippen molar-refractivity contribution in [2.45, 2.75) is 20.5 Å². The van der Waals surface area contributed by atoms with Gasteiger partial charge in [-0.25, -0.2) is 9.67 Å². The minimum Gasteiger partial charge on any atom is -0.392 e. The fourth-order valence-corrected chi connectivity index (χ4v) is 1.74. The summed E-state index contributed by atoms with van der Waals surface area (Å²) in [4.78, 5) is 14.7. The number of rotatable bonds is 3.